The van der Waals surface area contributed by atoms with Gasteiger partial charge >= 0.3 is 0 Å². The van der Waals surface area contributed by atoms with Crippen molar-refractivity contribution >= 4 is 65.8 Å². The predicted octanol–water partition coefficient (Wildman–Crippen LogP) is 8.55. The second-order valence-electron chi connectivity index (χ2n) is 11.6. The van der Waals surface area contributed by atoms with Crippen molar-refractivity contribution in [2.45, 2.75) is 59.3 Å². The molecule has 1 aliphatic carbocycles. The number of thiophene rings is 2. The van der Waals surface area contributed by atoms with Crippen LogP contribution in [0.2, 0.25) is 0 Å². The third-order valence-corrected chi connectivity index (χ3v) is 11.5. The lowest BCUT2D eigenvalue weighted by atomic mass is 9.64. The Balaban J connectivity index is 1.66. The van der Waals surface area contributed by atoms with Crippen molar-refractivity contribution in [1.82, 2.24) is 4.90 Å². The highest BCUT2D eigenvalue weighted by Crippen LogP contribution is 2.54. The van der Waals surface area contributed by atoms with Crippen molar-refractivity contribution in [3.63, 3.8) is 0 Å². The van der Waals surface area contributed by atoms with Crippen LogP contribution in [0.4, 0.5) is 0 Å². The Kier molecular flexibility index (Phi) is 6.48. The molecule has 0 spiro atoms. The maximum Gasteiger partial charge on any atom is 0.263 e. The van der Waals surface area contributed by atoms with Gasteiger partial charge in [-0.25, -0.2) is 0 Å². The molecule has 1 saturated carbocycles. The molecule has 6 rings (SSSR count). The molecule has 0 saturated heterocycles. The highest BCUT2D eigenvalue weighted by molar-refractivity contribution is 7.20. The summed E-state index contributed by atoms with van der Waals surface area (Å²) in [6.45, 7) is 8.81. The van der Waals surface area contributed by atoms with Gasteiger partial charge in [0.2, 0.25) is 0 Å². The molecule has 2 aliphatic rings. The van der Waals surface area contributed by atoms with Crippen LogP contribution in [0.25, 0.3) is 31.3 Å². The van der Waals surface area contributed by atoms with Gasteiger partial charge in [-0.15, -0.1) is 22.7 Å². The molecule has 2 aromatic heterocycles. The lowest BCUT2D eigenvalue weighted by molar-refractivity contribution is -0.135. The molecule has 2 amide bonds. The monoisotopic (exact) mass is 552 g/mol. The van der Waals surface area contributed by atoms with E-state index in [9.17, 15) is 14.9 Å². The molecule has 4 nitrogen and oxygen atoms in total. The molecule has 4 aromatic rings. The fourth-order valence-corrected chi connectivity index (χ4v) is 9.03. The fraction of sp³-hybridized carbons (Fsp3) is 0.364. The lowest BCUT2D eigenvalue weighted by Crippen LogP contribution is -2.32. The zero-order valence-corrected chi connectivity index (χ0v) is 24.5. The van der Waals surface area contributed by atoms with Crippen molar-refractivity contribution in [2.24, 2.45) is 11.3 Å². The van der Waals surface area contributed by atoms with E-state index in [1.165, 1.54) is 11.3 Å². The third-order valence-electron chi connectivity index (χ3n) is 9.07. The first-order valence-corrected chi connectivity index (χ1v) is 15.4. The molecular weight excluding hydrogens is 521 g/mol. The Bertz CT molecular complexity index is 1720. The summed E-state index contributed by atoms with van der Waals surface area (Å²) in [5.74, 6) is 0.174. The van der Waals surface area contributed by atoms with Gasteiger partial charge in [-0.3, -0.25) is 14.5 Å². The van der Waals surface area contributed by atoms with Crippen LogP contribution in [0.3, 0.4) is 0 Å². The van der Waals surface area contributed by atoms with Crippen molar-refractivity contribution in [2.75, 3.05) is 6.54 Å². The standard InChI is InChI=1S/C33H32N2O2S2/c1-19(2)33(4)15-9-10-21(18-33)30-27(23-12-6-8-14-25(23)39-30)29-28(31(36)35(17-16-34)32(29)37)26-20(3)38-24-13-7-5-11-22(24)26/h5-8,11-14,19,21H,9-10,15,17-18H2,1-4H3. The zero-order chi connectivity index (χ0) is 27.5. The highest BCUT2D eigenvalue weighted by Gasteiger charge is 2.44. The average molecular weight is 553 g/mol. The quantitative estimate of drug-likeness (QED) is 0.184. The molecule has 1 fully saturated rings. The molecule has 2 aromatic carbocycles. The summed E-state index contributed by atoms with van der Waals surface area (Å²) in [7, 11) is 0. The van der Waals surface area contributed by atoms with E-state index in [0.717, 1.165) is 60.3 Å². The first kappa shape index (κ1) is 26.0. The van der Waals surface area contributed by atoms with Crippen molar-refractivity contribution in [3.8, 4) is 6.07 Å². The zero-order valence-electron chi connectivity index (χ0n) is 22.8. The summed E-state index contributed by atoms with van der Waals surface area (Å²) in [4.78, 5) is 31.6. The molecular formula is C33H32N2O2S2. The molecule has 198 valence electrons. The van der Waals surface area contributed by atoms with Crippen LogP contribution in [0.1, 0.15) is 73.3 Å². The topological polar surface area (TPSA) is 61.2 Å². The Hall–Kier alpha value is -3.27. The third kappa shape index (κ3) is 4.06. The molecule has 0 N–H and O–H groups in total. The molecule has 39 heavy (non-hydrogen) atoms. The minimum absolute atomic E-state index is 0.232. The van der Waals surface area contributed by atoms with Gasteiger partial charge in [0.25, 0.3) is 11.8 Å². The Labute approximate surface area is 237 Å². The van der Waals surface area contributed by atoms with Crippen molar-refractivity contribution < 1.29 is 9.59 Å². The highest BCUT2D eigenvalue weighted by atomic mass is 32.1. The molecule has 3 heterocycles. The van der Waals surface area contributed by atoms with E-state index in [1.54, 1.807) is 22.7 Å². The van der Waals surface area contributed by atoms with E-state index in [-0.39, 0.29) is 23.8 Å². The van der Waals surface area contributed by atoms with Crippen LogP contribution in [-0.2, 0) is 9.59 Å². The second-order valence-corrected chi connectivity index (χ2v) is 13.9. The second kappa shape index (κ2) is 9.73. The number of hydrogen-bond donors (Lipinski definition) is 0. The van der Waals surface area contributed by atoms with E-state index in [0.29, 0.717) is 23.0 Å². The Morgan fingerprint density at radius 2 is 1.56 bits per heavy atom. The number of hydrogen-bond acceptors (Lipinski definition) is 5. The maximum atomic E-state index is 14.2. The fourth-order valence-electron chi connectivity index (χ4n) is 6.61. The number of fused-ring (bicyclic) bond motifs is 2. The number of aryl methyl sites for hydroxylation is 1. The summed E-state index contributed by atoms with van der Waals surface area (Å²) in [5, 5.41) is 11.6. The maximum absolute atomic E-state index is 14.2. The van der Waals surface area contributed by atoms with Gasteiger partial charge in [0.15, 0.2) is 0 Å². The molecule has 2 atom stereocenters. The molecule has 6 heteroatoms. The van der Waals surface area contributed by atoms with Crippen LogP contribution in [0.5, 0.6) is 0 Å². The number of nitrogens with zero attached hydrogens (tertiary/aromatic N) is 2. The summed E-state index contributed by atoms with van der Waals surface area (Å²) in [5.41, 5.74) is 2.91. The smallest absolute Gasteiger partial charge is 0.263 e. The largest absolute Gasteiger partial charge is 0.269 e. The summed E-state index contributed by atoms with van der Waals surface area (Å²) in [6, 6.07) is 18.4. The van der Waals surface area contributed by atoms with Crippen molar-refractivity contribution in [3.05, 3.63) is 69.4 Å². The van der Waals surface area contributed by atoms with Gasteiger partial charge in [0, 0.05) is 41.1 Å². The van der Waals surface area contributed by atoms with E-state index >= 15 is 0 Å². The van der Waals surface area contributed by atoms with E-state index in [2.05, 4.69) is 45.0 Å². The molecule has 0 bridgehead atoms. The summed E-state index contributed by atoms with van der Waals surface area (Å²) < 4.78 is 2.23. The minimum atomic E-state index is -0.361. The van der Waals surface area contributed by atoms with Gasteiger partial charge in [0.05, 0.1) is 17.2 Å². The Morgan fingerprint density at radius 3 is 2.21 bits per heavy atom. The van der Waals surface area contributed by atoms with Crippen LogP contribution >= 0.6 is 22.7 Å². The van der Waals surface area contributed by atoms with Gasteiger partial charge in [-0.05, 0) is 55.6 Å². The average Bonchev–Trinajstić information content (AvgIpc) is 3.53. The number of nitriles is 1. The van der Waals surface area contributed by atoms with Crippen LogP contribution < -0.4 is 0 Å². The number of imide groups is 1. The first-order valence-electron chi connectivity index (χ1n) is 13.7. The van der Waals surface area contributed by atoms with Gasteiger partial charge in [0.1, 0.15) is 6.54 Å². The van der Waals surface area contributed by atoms with Crippen LogP contribution in [-0.4, -0.2) is 23.3 Å². The van der Waals surface area contributed by atoms with E-state index in [4.69, 9.17) is 0 Å². The number of carbonyl (C=O) groups is 2. The molecule has 1 aliphatic heterocycles. The molecule has 2 unspecified atom stereocenters. The normalized spacial score (nSPS) is 22.1. The number of rotatable bonds is 5. The first-order chi connectivity index (χ1) is 18.7. The Morgan fingerprint density at radius 1 is 0.974 bits per heavy atom. The minimum Gasteiger partial charge on any atom is -0.269 e. The van der Waals surface area contributed by atoms with Gasteiger partial charge < -0.3 is 0 Å². The predicted molar refractivity (Wildman–Crippen MR) is 162 cm³/mol. The van der Waals surface area contributed by atoms with E-state index in [1.807, 2.05) is 37.3 Å². The lowest BCUT2D eigenvalue weighted by Gasteiger charge is -2.41. The number of amides is 2. The van der Waals surface area contributed by atoms with Crippen molar-refractivity contribution in [1.29, 1.82) is 5.26 Å². The van der Waals surface area contributed by atoms with Crippen LogP contribution in [0.15, 0.2) is 48.5 Å². The number of carbonyl (C=O) groups excluding carboxylic acids is 2. The van der Waals surface area contributed by atoms with E-state index < -0.39 is 0 Å². The molecule has 0 radical (unpaired) electrons. The van der Waals surface area contributed by atoms with Crippen LogP contribution in [0, 0.1) is 29.6 Å². The van der Waals surface area contributed by atoms with Gasteiger partial charge in [-0.1, -0.05) is 63.6 Å². The van der Waals surface area contributed by atoms with Gasteiger partial charge in [-0.2, -0.15) is 5.26 Å². The SMILES string of the molecule is Cc1sc2ccccc2c1C1=C(c2c(C3CCCC(C)(C(C)C)C3)sc3ccccc23)C(=O)N(CC#N)C1=O. The summed E-state index contributed by atoms with van der Waals surface area (Å²) in [6.07, 6.45) is 4.51. The number of benzene rings is 2. The summed E-state index contributed by atoms with van der Waals surface area (Å²) >= 11 is 3.42.